The van der Waals surface area contributed by atoms with Crippen molar-refractivity contribution in [3.05, 3.63) is 27.7 Å². The quantitative estimate of drug-likeness (QED) is 0.895. The number of halogens is 2. The Bertz CT molecular complexity index is 357. The molecule has 3 nitrogen and oxygen atoms in total. The van der Waals surface area contributed by atoms with Gasteiger partial charge in [-0.05, 0) is 25.2 Å². The van der Waals surface area contributed by atoms with Crippen LogP contribution in [0.1, 0.15) is 6.42 Å². The summed E-state index contributed by atoms with van der Waals surface area (Å²) in [6, 6.07) is 5.35. The molecular weight excluding hydrogens is 279 g/mol. The highest BCUT2D eigenvalue weighted by molar-refractivity contribution is 9.10. The predicted molar refractivity (Wildman–Crippen MR) is 66.3 cm³/mol. The number of amides is 1. The van der Waals surface area contributed by atoms with E-state index in [4.69, 9.17) is 11.6 Å². The van der Waals surface area contributed by atoms with Crippen LogP contribution in [-0.4, -0.2) is 19.5 Å². The molecule has 0 bridgehead atoms. The molecule has 0 radical (unpaired) electrons. The second-order valence-electron chi connectivity index (χ2n) is 3.03. The van der Waals surface area contributed by atoms with Crippen LogP contribution in [0.4, 0.5) is 5.69 Å². The van der Waals surface area contributed by atoms with E-state index >= 15 is 0 Å². The predicted octanol–water partition coefficient (Wildman–Crippen LogP) is 2.65. The summed E-state index contributed by atoms with van der Waals surface area (Å²) in [5, 5.41) is 6.18. The van der Waals surface area contributed by atoms with E-state index < -0.39 is 0 Å². The molecule has 0 unspecified atom stereocenters. The van der Waals surface area contributed by atoms with Crippen LogP contribution in [-0.2, 0) is 4.79 Å². The van der Waals surface area contributed by atoms with E-state index in [0.717, 1.165) is 4.47 Å². The first-order valence-electron chi connectivity index (χ1n) is 4.53. The standard InChI is InChI=1S/C10H12BrClN2O/c1-13-5-4-10(15)14-9-3-2-7(11)6-8(9)12/h2-3,6,13H,4-5H2,1H3,(H,14,15). The topological polar surface area (TPSA) is 41.1 Å². The smallest absolute Gasteiger partial charge is 0.225 e. The molecule has 1 aromatic rings. The summed E-state index contributed by atoms with van der Waals surface area (Å²) in [5.41, 5.74) is 0.640. The summed E-state index contributed by atoms with van der Waals surface area (Å²) in [7, 11) is 1.81. The number of carbonyl (C=O) groups is 1. The Kier molecular flexibility index (Phi) is 5.08. The Labute approximate surface area is 102 Å². The minimum atomic E-state index is -0.0476. The Hall–Kier alpha value is -0.580. The van der Waals surface area contributed by atoms with Gasteiger partial charge in [0.1, 0.15) is 0 Å². The maximum absolute atomic E-state index is 11.4. The highest BCUT2D eigenvalue weighted by atomic mass is 79.9. The zero-order chi connectivity index (χ0) is 11.3. The van der Waals surface area contributed by atoms with Crippen molar-refractivity contribution >= 4 is 39.1 Å². The Morgan fingerprint density at radius 1 is 1.53 bits per heavy atom. The summed E-state index contributed by atoms with van der Waals surface area (Å²) < 4.78 is 0.890. The lowest BCUT2D eigenvalue weighted by molar-refractivity contribution is -0.116. The first-order valence-corrected chi connectivity index (χ1v) is 5.70. The molecule has 0 aromatic heterocycles. The molecule has 0 heterocycles. The zero-order valence-electron chi connectivity index (χ0n) is 8.31. The average molecular weight is 292 g/mol. The van der Waals surface area contributed by atoms with Crippen LogP contribution < -0.4 is 10.6 Å². The van der Waals surface area contributed by atoms with Crippen LogP contribution in [0.2, 0.25) is 5.02 Å². The Morgan fingerprint density at radius 2 is 2.27 bits per heavy atom. The van der Waals surface area contributed by atoms with E-state index in [9.17, 15) is 4.79 Å². The molecule has 1 aromatic carbocycles. The van der Waals surface area contributed by atoms with E-state index in [2.05, 4.69) is 26.6 Å². The molecule has 0 aliphatic rings. The van der Waals surface area contributed by atoms with Gasteiger partial charge in [-0.2, -0.15) is 0 Å². The molecule has 0 fully saturated rings. The van der Waals surface area contributed by atoms with Crippen LogP contribution in [0.25, 0.3) is 0 Å². The van der Waals surface area contributed by atoms with Gasteiger partial charge in [0.15, 0.2) is 0 Å². The third kappa shape index (κ3) is 4.20. The fourth-order valence-electron chi connectivity index (χ4n) is 1.04. The van der Waals surface area contributed by atoms with Crippen molar-refractivity contribution < 1.29 is 4.79 Å². The van der Waals surface area contributed by atoms with Crippen molar-refractivity contribution in [3.8, 4) is 0 Å². The molecule has 1 rings (SSSR count). The van der Waals surface area contributed by atoms with Crippen LogP contribution in [0, 0.1) is 0 Å². The van der Waals surface area contributed by atoms with Crippen LogP contribution in [0.3, 0.4) is 0 Å². The maximum atomic E-state index is 11.4. The molecule has 0 spiro atoms. The monoisotopic (exact) mass is 290 g/mol. The maximum Gasteiger partial charge on any atom is 0.225 e. The highest BCUT2D eigenvalue weighted by Crippen LogP contribution is 2.25. The number of nitrogens with one attached hydrogen (secondary N) is 2. The SMILES string of the molecule is CNCCC(=O)Nc1ccc(Br)cc1Cl. The molecule has 0 saturated carbocycles. The lowest BCUT2D eigenvalue weighted by Gasteiger charge is -2.07. The molecule has 82 valence electrons. The average Bonchev–Trinajstić information content (AvgIpc) is 2.19. The number of rotatable bonds is 4. The van der Waals surface area contributed by atoms with Gasteiger partial charge in [-0.1, -0.05) is 27.5 Å². The highest BCUT2D eigenvalue weighted by Gasteiger charge is 2.05. The van der Waals surface area contributed by atoms with Crippen molar-refractivity contribution in [2.45, 2.75) is 6.42 Å². The van der Waals surface area contributed by atoms with Crippen LogP contribution in [0.5, 0.6) is 0 Å². The molecule has 5 heteroatoms. The normalized spacial score (nSPS) is 10.1. The van der Waals surface area contributed by atoms with Crippen LogP contribution >= 0.6 is 27.5 Å². The number of hydrogen-bond acceptors (Lipinski definition) is 2. The van der Waals surface area contributed by atoms with E-state index in [0.29, 0.717) is 23.7 Å². The van der Waals surface area contributed by atoms with Gasteiger partial charge in [0, 0.05) is 17.4 Å². The minimum absolute atomic E-state index is 0.0476. The Morgan fingerprint density at radius 3 is 2.87 bits per heavy atom. The molecular formula is C10H12BrClN2O. The van der Waals surface area contributed by atoms with Crippen molar-refractivity contribution in [1.29, 1.82) is 0 Å². The van der Waals surface area contributed by atoms with Gasteiger partial charge in [0.05, 0.1) is 10.7 Å². The molecule has 0 aliphatic heterocycles. The molecule has 0 atom stereocenters. The summed E-state index contributed by atoms with van der Waals surface area (Å²) >= 11 is 9.24. The van der Waals surface area contributed by atoms with Gasteiger partial charge in [-0.25, -0.2) is 0 Å². The molecule has 1 amide bonds. The third-order valence-electron chi connectivity index (χ3n) is 1.81. The molecule has 0 aliphatic carbocycles. The fourth-order valence-corrected chi connectivity index (χ4v) is 1.76. The third-order valence-corrected chi connectivity index (χ3v) is 2.61. The second-order valence-corrected chi connectivity index (χ2v) is 4.35. The van der Waals surface area contributed by atoms with Gasteiger partial charge < -0.3 is 10.6 Å². The minimum Gasteiger partial charge on any atom is -0.325 e. The molecule has 2 N–H and O–H groups in total. The summed E-state index contributed by atoms with van der Waals surface area (Å²) in [5.74, 6) is -0.0476. The van der Waals surface area contributed by atoms with Gasteiger partial charge in [-0.15, -0.1) is 0 Å². The van der Waals surface area contributed by atoms with Crippen LogP contribution in [0.15, 0.2) is 22.7 Å². The van der Waals surface area contributed by atoms with Gasteiger partial charge in [-0.3, -0.25) is 4.79 Å². The summed E-state index contributed by atoms with van der Waals surface area (Å²) in [6.45, 7) is 0.653. The summed E-state index contributed by atoms with van der Waals surface area (Å²) in [6.07, 6.45) is 0.433. The number of hydrogen-bond donors (Lipinski definition) is 2. The molecule has 0 saturated heterocycles. The van der Waals surface area contributed by atoms with Gasteiger partial charge >= 0.3 is 0 Å². The first-order chi connectivity index (χ1) is 7.13. The van der Waals surface area contributed by atoms with Crippen molar-refractivity contribution in [1.82, 2.24) is 5.32 Å². The lowest BCUT2D eigenvalue weighted by atomic mass is 10.3. The number of carbonyl (C=O) groups excluding carboxylic acids is 1. The number of benzene rings is 1. The van der Waals surface area contributed by atoms with Crippen molar-refractivity contribution in [3.63, 3.8) is 0 Å². The van der Waals surface area contributed by atoms with Crippen molar-refractivity contribution in [2.75, 3.05) is 18.9 Å². The largest absolute Gasteiger partial charge is 0.325 e. The summed E-state index contributed by atoms with van der Waals surface area (Å²) in [4.78, 5) is 11.4. The van der Waals surface area contributed by atoms with Gasteiger partial charge in [0.2, 0.25) is 5.91 Å². The molecule has 15 heavy (non-hydrogen) atoms. The van der Waals surface area contributed by atoms with Crippen molar-refractivity contribution in [2.24, 2.45) is 0 Å². The van der Waals surface area contributed by atoms with E-state index in [-0.39, 0.29) is 5.91 Å². The first kappa shape index (κ1) is 12.5. The van der Waals surface area contributed by atoms with E-state index in [1.807, 2.05) is 6.07 Å². The second kappa shape index (κ2) is 6.10. The fraction of sp³-hybridized carbons (Fsp3) is 0.300. The lowest BCUT2D eigenvalue weighted by Crippen LogP contribution is -2.18. The zero-order valence-corrected chi connectivity index (χ0v) is 10.7. The van der Waals surface area contributed by atoms with Gasteiger partial charge in [0.25, 0.3) is 0 Å². The Balaban J connectivity index is 2.60. The van der Waals surface area contributed by atoms with E-state index in [1.165, 1.54) is 0 Å². The number of anilines is 1. The van der Waals surface area contributed by atoms with E-state index in [1.54, 1.807) is 19.2 Å².